The number of nitrogens with zero attached hydrogens (tertiary/aromatic N) is 2. The third-order valence-electron chi connectivity index (χ3n) is 5.66. The average Bonchev–Trinajstić information content (AvgIpc) is 2.88. The summed E-state index contributed by atoms with van der Waals surface area (Å²) in [7, 11) is 1.63. The van der Waals surface area contributed by atoms with Crippen molar-refractivity contribution in [1.82, 2.24) is 9.88 Å². The number of unbranched alkanes of at least 4 members (excludes halogenated alkanes) is 2. The lowest BCUT2D eigenvalue weighted by Crippen LogP contribution is -2.38. The average molecular weight is 458 g/mol. The first kappa shape index (κ1) is 25.0. The number of hydrogen-bond acceptors (Lipinski definition) is 3. The molecule has 0 unspecified atom stereocenters. The highest BCUT2D eigenvalue weighted by Gasteiger charge is 2.16. The smallest absolute Gasteiger partial charge is 0.322 e. The molecular formula is C29H35N3O2. The molecule has 3 rings (SSSR count). The number of amides is 2. The summed E-state index contributed by atoms with van der Waals surface area (Å²) in [6.45, 7) is 3.37. The van der Waals surface area contributed by atoms with E-state index in [4.69, 9.17) is 4.74 Å². The highest BCUT2D eigenvalue weighted by molar-refractivity contribution is 5.89. The van der Waals surface area contributed by atoms with Gasteiger partial charge in [-0.2, -0.15) is 0 Å². The summed E-state index contributed by atoms with van der Waals surface area (Å²) in [5.74, 6) is 0.758. The van der Waals surface area contributed by atoms with Gasteiger partial charge < -0.3 is 15.0 Å². The Bertz CT molecular complexity index is 1020. The minimum absolute atomic E-state index is 0.115. The van der Waals surface area contributed by atoms with E-state index in [0.717, 1.165) is 35.5 Å². The molecule has 5 nitrogen and oxygen atoms in total. The molecule has 1 heterocycles. The molecule has 34 heavy (non-hydrogen) atoms. The van der Waals surface area contributed by atoms with Gasteiger partial charge in [0.1, 0.15) is 5.75 Å². The Labute approximate surface area is 203 Å². The van der Waals surface area contributed by atoms with Crippen LogP contribution in [-0.4, -0.2) is 36.1 Å². The van der Waals surface area contributed by atoms with E-state index in [1.54, 1.807) is 13.3 Å². The van der Waals surface area contributed by atoms with Crippen LogP contribution in [-0.2, 0) is 6.42 Å². The molecule has 5 heteroatoms. The number of urea groups is 1. The second-order valence-electron chi connectivity index (χ2n) is 8.32. The number of pyridine rings is 1. The fraction of sp³-hybridized carbons (Fsp3) is 0.310. The Balaban J connectivity index is 1.78. The van der Waals surface area contributed by atoms with E-state index in [0.29, 0.717) is 19.5 Å². The van der Waals surface area contributed by atoms with E-state index in [1.165, 1.54) is 18.4 Å². The summed E-state index contributed by atoms with van der Waals surface area (Å²) in [4.78, 5) is 19.7. The number of carbonyl (C=O) groups excluding carboxylic acids is 1. The predicted molar refractivity (Wildman–Crippen MR) is 140 cm³/mol. The molecule has 178 valence electrons. The van der Waals surface area contributed by atoms with Crippen molar-refractivity contribution in [2.75, 3.05) is 25.5 Å². The van der Waals surface area contributed by atoms with Crippen molar-refractivity contribution in [2.24, 2.45) is 0 Å². The highest BCUT2D eigenvalue weighted by Crippen LogP contribution is 2.19. The van der Waals surface area contributed by atoms with Crippen molar-refractivity contribution in [2.45, 2.75) is 39.0 Å². The Morgan fingerprint density at radius 2 is 1.76 bits per heavy atom. The third kappa shape index (κ3) is 8.39. The van der Waals surface area contributed by atoms with Gasteiger partial charge >= 0.3 is 6.03 Å². The predicted octanol–water partition coefficient (Wildman–Crippen LogP) is 6.83. The molecular weight excluding hydrogens is 422 g/mol. The number of ether oxygens (including phenoxy) is 1. The Morgan fingerprint density at radius 1 is 1.00 bits per heavy atom. The number of methoxy groups -OCH3 is 1. The normalized spacial score (nSPS) is 11.2. The van der Waals surface area contributed by atoms with E-state index >= 15 is 0 Å². The molecule has 0 aliphatic carbocycles. The highest BCUT2D eigenvalue weighted by atomic mass is 16.5. The minimum Gasteiger partial charge on any atom is -0.497 e. The minimum atomic E-state index is -0.115. The van der Waals surface area contributed by atoms with Crippen molar-refractivity contribution >= 4 is 17.8 Å². The summed E-state index contributed by atoms with van der Waals surface area (Å²) in [6, 6.07) is 23.5. The first-order valence-electron chi connectivity index (χ1n) is 12.0. The van der Waals surface area contributed by atoms with Gasteiger partial charge in [0.2, 0.25) is 0 Å². The van der Waals surface area contributed by atoms with Crippen molar-refractivity contribution in [3.63, 3.8) is 0 Å². The van der Waals surface area contributed by atoms with Crippen molar-refractivity contribution in [3.05, 3.63) is 95.8 Å². The maximum Gasteiger partial charge on any atom is 0.322 e. The van der Waals surface area contributed by atoms with E-state index in [2.05, 4.69) is 35.4 Å². The molecule has 0 radical (unpaired) electrons. The molecule has 1 aromatic heterocycles. The number of carbonyl (C=O) groups is 1. The van der Waals surface area contributed by atoms with Crippen LogP contribution < -0.4 is 10.1 Å². The number of nitrogens with one attached hydrogen (secondary N) is 1. The monoisotopic (exact) mass is 457 g/mol. The maximum atomic E-state index is 13.3. The van der Waals surface area contributed by atoms with Crippen LogP contribution in [0.5, 0.6) is 5.75 Å². The number of anilines is 1. The molecule has 0 aliphatic rings. The third-order valence-corrected chi connectivity index (χ3v) is 5.66. The van der Waals surface area contributed by atoms with Crippen LogP contribution >= 0.6 is 0 Å². The van der Waals surface area contributed by atoms with Crippen LogP contribution in [0, 0.1) is 0 Å². The maximum absolute atomic E-state index is 13.3. The van der Waals surface area contributed by atoms with Crippen molar-refractivity contribution in [3.8, 4) is 5.75 Å². The second-order valence-corrected chi connectivity index (χ2v) is 8.32. The van der Waals surface area contributed by atoms with Gasteiger partial charge in [-0.1, -0.05) is 67.8 Å². The molecule has 0 fully saturated rings. The molecule has 2 amide bonds. The molecule has 0 saturated carbocycles. The van der Waals surface area contributed by atoms with Crippen molar-refractivity contribution in [1.29, 1.82) is 0 Å². The first-order chi connectivity index (χ1) is 16.7. The lowest BCUT2D eigenvalue weighted by Gasteiger charge is -2.25. The molecule has 2 aromatic carbocycles. The van der Waals surface area contributed by atoms with Crippen LogP contribution in [0.15, 0.2) is 84.6 Å². The van der Waals surface area contributed by atoms with E-state index in [9.17, 15) is 4.79 Å². The first-order valence-corrected chi connectivity index (χ1v) is 12.0. The fourth-order valence-electron chi connectivity index (χ4n) is 3.75. The Hall–Kier alpha value is -3.60. The quantitative estimate of drug-likeness (QED) is 0.303. The number of aromatic nitrogens is 1. The van der Waals surface area contributed by atoms with E-state index < -0.39 is 0 Å². The van der Waals surface area contributed by atoms with E-state index in [1.807, 2.05) is 65.6 Å². The van der Waals surface area contributed by atoms with Crippen LogP contribution in [0.3, 0.4) is 0 Å². The van der Waals surface area contributed by atoms with Gasteiger partial charge in [0.15, 0.2) is 0 Å². The topological polar surface area (TPSA) is 54.5 Å². The second kappa shape index (κ2) is 13.8. The molecule has 1 N–H and O–H groups in total. The summed E-state index contributed by atoms with van der Waals surface area (Å²) < 4.78 is 5.23. The summed E-state index contributed by atoms with van der Waals surface area (Å²) in [5, 5.41) is 3.05. The SMILES string of the molecule is CCCCCC(=Cc1ccccc1)CN(CCc1ccccn1)C(=O)Nc1ccc(OC)cc1. The van der Waals surface area contributed by atoms with Crippen LogP contribution in [0.1, 0.15) is 43.9 Å². The van der Waals surface area contributed by atoms with Gasteiger partial charge in [0.05, 0.1) is 7.11 Å². The van der Waals surface area contributed by atoms with E-state index in [-0.39, 0.29) is 6.03 Å². The number of benzene rings is 2. The molecule has 0 saturated heterocycles. The number of hydrogen-bond donors (Lipinski definition) is 1. The van der Waals surface area contributed by atoms with Gasteiger partial charge in [0.25, 0.3) is 0 Å². The summed E-state index contributed by atoms with van der Waals surface area (Å²) in [6.07, 6.45) is 9.15. The largest absolute Gasteiger partial charge is 0.497 e. The van der Waals surface area contributed by atoms with Gasteiger partial charge in [-0.25, -0.2) is 4.79 Å². The molecule has 0 spiro atoms. The van der Waals surface area contributed by atoms with Crippen LogP contribution in [0.25, 0.3) is 6.08 Å². The zero-order valence-corrected chi connectivity index (χ0v) is 20.2. The fourth-order valence-corrected chi connectivity index (χ4v) is 3.75. The van der Waals surface area contributed by atoms with Gasteiger partial charge in [-0.15, -0.1) is 0 Å². The Morgan fingerprint density at radius 3 is 2.44 bits per heavy atom. The van der Waals surface area contributed by atoms with Crippen molar-refractivity contribution < 1.29 is 9.53 Å². The molecule has 0 aliphatic heterocycles. The zero-order valence-electron chi connectivity index (χ0n) is 20.2. The van der Waals surface area contributed by atoms with Gasteiger partial charge in [0, 0.05) is 37.1 Å². The van der Waals surface area contributed by atoms with Crippen LogP contribution in [0.2, 0.25) is 0 Å². The summed E-state index contributed by atoms with van der Waals surface area (Å²) in [5.41, 5.74) is 4.14. The van der Waals surface area contributed by atoms with Crippen LogP contribution in [0.4, 0.5) is 10.5 Å². The molecule has 0 bridgehead atoms. The van der Waals surface area contributed by atoms with Gasteiger partial charge in [-0.3, -0.25) is 4.98 Å². The van der Waals surface area contributed by atoms with Gasteiger partial charge in [-0.05, 0) is 54.8 Å². The molecule has 0 atom stereocenters. The summed E-state index contributed by atoms with van der Waals surface area (Å²) >= 11 is 0. The molecule has 3 aromatic rings. The lowest BCUT2D eigenvalue weighted by atomic mass is 10.0. The Kier molecular flexibility index (Phi) is 10.2. The standard InChI is InChI=1S/C29H35N3O2/c1-3-4-6-13-25(22-24-11-7-5-8-12-24)23-32(21-19-26-14-9-10-20-30-26)29(33)31-27-15-17-28(34-2)18-16-27/h5,7-12,14-18,20,22H,3-4,6,13,19,21,23H2,1-2H3,(H,31,33). The number of rotatable bonds is 12. The lowest BCUT2D eigenvalue weighted by molar-refractivity contribution is 0.216. The zero-order chi connectivity index (χ0) is 24.0.